The molecule has 3 aliphatic heterocycles. The Bertz CT molecular complexity index is 2060. The highest BCUT2D eigenvalue weighted by Gasteiger charge is 2.72. The summed E-state index contributed by atoms with van der Waals surface area (Å²) in [6, 6.07) is -2.47. The highest BCUT2D eigenvalue weighted by molar-refractivity contribution is 5.96. The topological polar surface area (TPSA) is 353 Å². The number of amides is 1. The van der Waals surface area contributed by atoms with Crippen LogP contribution in [0.4, 0.5) is 0 Å². The van der Waals surface area contributed by atoms with E-state index in [-0.39, 0.29) is 0 Å². The van der Waals surface area contributed by atoms with Crippen molar-refractivity contribution >= 4 is 71.6 Å². The Morgan fingerprint density at radius 2 is 0.928 bits per heavy atom. The van der Waals surface area contributed by atoms with Gasteiger partial charge in [0.1, 0.15) is 44.2 Å². The maximum absolute atomic E-state index is 13.6. The number of amidine groups is 1. The van der Waals surface area contributed by atoms with Gasteiger partial charge in [0.05, 0.1) is 0 Å². The molecule has 0 aromatic rings. The number of aliphatic imine (C=N–C) groups is 1. The molecule has 1 aliphatic carbocycles. The van der Waals surface area contributed by atoms with Crippen LogP contribution in [0.1, 0.15) is 76.2 Å². The van der Waals surface area contributed by atoms with E-state index in [1.807, 2.05) is 0 Å². The highest BCUT2D eigenvalue weighted by atomic mass is 16.8. The summed E-state index contributed by atoms with van der Waals surface area (Å²) in [7, 11) is 0. The minimum atomic E-state index is -2.59. The number of fused-ring (bicyclic) bond motifs is 1. The average molecular weight is 991 g/mol. The van der Waals surface area contributed by atoms with Crippen LogP contribution in [0.15, 0.2) is 4.99 Å². The van der Waals surface area contributed by atoms with E-state index in [2.05, 4.69) is 4.99 Å². The number of carbonyl (C=O) groups is 11. The maximum Gasteiger partial charge on any atom is 0.303 e. The van der Waals surface area contributed by atoms with Gasteiger partial charge in [-0.15, -0.1) is 0 Å². The molecule has 0 bridgehead atoms. The second kappa shape index (κ2) is 23.2. The van der Waals surface area contributed by atoms with E-state index in [4.69, 9.17) is 66.3 Å². The van der Waals surface area contributed by atoms with E-state index in [1.165, 1.54) is 0 Å². The molecule has 69 heavy (non-hydrogen) atoms. The number of hydrogen-bond donors (Lipinski definition) is 1. The van der Waals surface area contributed by atoms with Crippen molar-refractivity contribution in [3.05, 3.63) is 0 Å². The first-order valence-electron chi connectivity index (χ1n) is 21.0. The first-order valence-corrected chi connectivity index (χ1v) is 21.0. The molecule has 384 valence electrons. The zero-order valence-corrected chi connectivity index (χ0v) is 39.3. The Labute approximate surface area is 392 Å². The van der Waals surface area contributed by atoms with E-state index in [1.54, 1.807) is 0 Å². The van der Waals surface area contributed by atoms with Crippen molar-refractivity contribution in [3.8, 4) is 0 Å². The number of carbonyl (C=O) groups excluding carboxylic acids is 11. The van der Waals surface area contributed by atoms with Crippen molar-refractivity contribution in [3.63, 3.8) is 0 Å². The summed E-state index contributed by atoms with van der Waals surface area (Å²) in [5.41, 5.74) is -2.59. The van der Waals surface area contributed by atoms with Gasteiger partial charge >= 0.3 is 59.7 Å². The maximum atomic E-state index is 13.6. The van der Waals surface area contributed by atoms with Crippen molar-refractivity contribution in [2.75, 3.05) is 19.8 Å². The van der Waals surface area contributed by atoms with Gasteiger partial charge in [-0.25, -0.2) is 0 Å². The monoisotopic (exact) mass is 990 g/mol. The Morgan fingerprint density at radius 3 is 1.39 bits per heavy atom. The van der Waals surface area contributed by atoms with E-state index in [9.17, 15) is 57.8 Å². The molecule has 0 unspecified atom stereocenters. The lowest BCUT2D eigenvalue weighted by Gasteiger charge is -2.48. The van der Waals surface area contributed by atoms with Gasteiger partial charge in [0.25, 0.3) is 6.02 Å². The van der Waals surface area contributed by atoms with E-state index in [0.29, 0.717) is 0 Å². The van der Waals surface area contributed by atoms with Crippen LogP contribution in [0.5, 0.6) is 0 Å². The van der Waals surface area contributed by atoms with Gasteiger partial charge in [-0.05, 0) is 0 Å². The molecular weight excluding hydrogens is 936 g/mol. The molecule has 0 aromatic heterocycles. The lowest BCUT2D eigenvalue weighted by atomic mass is 9.94. The Kier molecular flexibility index (Phi) is 18.5. The van der Waals surface area contributed by atoms with Crippen LogP contribution in [-0.2, 0) is 119 Å². The zero-order valence-electron chi connectivity index (χ0n) is 39.3. The lowest BCUT2D eigenvalue weighted by Crippen LogP contribution is -2.67. The van der Waals surface area contributed by atoms with Crippen LogP contribution < -0.4 is 0 Å². The standard InChI is InChI=1S/C41H54N2O26/c1-15(44)43-36-32(33(62-22(8)51)37(65-25(11)54)41(36,55)14-58-18(4)47)69-40(43)42-38-34(63-23(9)52)30(60-20(6)49)29(26(66-38)12-56-16(2)45)68-39-35(64-24(10)53)31(61-21(7)50)28(59-19(5)48)27(67-39)13-57-17(3)46/h26-39,55H,12-14H2,1-11H3/b42-40-/t26-,27-,28-,29-,30+,31+,32-,33-,34-,35-,36-,37+,38+,39-,41+/m1/s1. The summed E-state index contributed by atoms with van der Waals surface area (Å²) in [5, 5.41) is 12.3. The van der Waals surface area contributed by atoms with Crippen LogP contribution in [0.3, 0.4) is 0 Å². The summed E-state index contributed by atoms with van der Waals surface area (Å²) in [6.45, 7) is 8.31. The lowest BCUT2D eigenvalue weighted by molar-refractivity contribution is -0.344. The number of nitrogens with zero attached hydrogens (tertiary/aromatic N) is 2. The number of ether oxygens (including phenoxy) is 14. The van der Waals surface area contributed by atoms with E-state index in [0.717, 1.165) is 81.1 Å². The number of esters is 10. The van der Waals surface area contributed by atoms with Crippen LogP contribution in [0.25, 0.3) is 0 Å². The molecule has 3 heterocycles. The molecule has 0 spiro atoms. The Balaban J connectivity index is 1.93. The van der Waals surface area contributed by atoms with Crippen LogP contribution in [0.2, 0.25) is 0 Å². The molecule has 0 aromatic carbocycles. The van der Waals surface area contributed by atoms with E-state index >= 15 is 0 Å². The summed E-state index contributed by atoms with van der Waals surface area (Å²) >= 11 is 0. The molecule has 4 aliphatic rings. The van der Waals surface area contributed by atoms with Crippen molar-refractivity contribution in [2.24, 2.45) is 4.99 Å². The van der Waals surface area contributed by atoms with Crippen molar-refractivity contribution in [2.45, 2.75) is 167 Å². The molecule has 0 radical (unpaired) electrons. The SMILES string of the molecule is CC(=O)OC[C@H]1O[C@H](/N=C2\O[C@@H]3[C@@H](OC(C)=O)[C@H](OC(C)=O)[C@](O)(COC(C)=O)[C@@H]3N2C(C)=O)[C@H](OC(C)=O)[C@@H](OC(C)=O)[C@@H]1O[C@H]1O[C@H](COC(C)=O)[C@@H](OC(C)=O)[C@H](OC(C)=O)[C@H]1OC(C)=O. The summed E-state index contributed by atoms with van der Waals surface area (Å²) in [6.07, 6.45) is -23.5. The second-order valence-electron chi connectivity index (χ2n) is 15.9. The van der Waals surface area contributed by atoms with Crippen molar-refractivity contribution < 1.29 is 124 Å². The Hall–Kier alpha value is -6.52. The predicted octanol–water partition coefficient (Wildman–Crippen LogP) is -2.25. The quantitative estimate of drug-likeness (QED) is 0.126. The molecule has 1 amide bonds. The van der Waals surface area contributed by atoms with Gasteiger partial charge < -0.3 is 71.4 Å². The first kappa shape index (κ1) is 55.1. The third-order valence-electron chi connectivity index (χ3n) is 10.2. The smallest absolute Gasteiger partial charge is 0.303 e. The molecule has 3 saturated heterocycles. The molecule has 4 fully saturated rings. The van der Waals surface area contributed by atoms with Gasteiger partial charge in [0.15, 0.2) is 67.0 Å². The largest absolute Gasteiger partial charge is 0.463 e. The van der Waals surface area contributed by atoms with Crippen LogP contribution in [-0.4, -0.2) is 193 Å². The van der Waals surface area contributed by atoms with Gasteiger partial charge in [0, 0.05) is 76.2 Å². The van der Waals surface area contributed by atoms with Crippen molar-refractivity contribution in [1.29, 1.82) is 0 Å². The highest BCUT2D eigenvalue weighted by Crippen LogP contribution is 2.45. The summed E-state index contributed by atoms with van der Waals surface area (Å²) in [4.78, 5) is 143. The normalized spacial score (nSPS) is 33.0. The zero-order chi connectivity index (χ0) is 51.8. The van der Waals surface area contributed by atoms with Crippen molar-refractivity contribution in [1.82, 2.24) is 4.90 Å². The van der Waals surface area contributed by atoms with Gasteiger partial charge in [-0.1, -0.05) is 0 Å². The first-order chi connectivity index (χ1) is 32.1. The predicted molar refractivity (Wildman–Crippen MR) is 215 cm³/mol. The van der Waals surface area contributed by atoms with Crippen LogP contribution in [0, 0.1) is 0 Å². The molecule has 28 heteroatoms. The van der Waals surface area contributed by atoms with Gasteiger partial charge in [0.2, 0.25) is 5.91 Å². The number of rotatable bonds is 16. The van der Waals surface area contributed by atoms with Crippen LogP contribution >= 0.6 is 0 Å². The minimum Gasteiger partial charge on any atom is -0.463 e. The number of aliphatic hydroxyl groups is 1. The molecule has 28 nitrogen and oxygen atoms in total. The molecule has 1 saturated carbocycles. The summed E-state index contributed by atoms with van der Waals surface area (Å²) < 4.78 is 78.9. The molecule has 4 rings (SSSR count). The fourth-order valence-electron chi connectivity index (χ4n) is 8.07. The summed E-state index contributed by atoms with van der Waals surface area (Å²) in [5.74, 6) is -10.7. The molecular formula is C41H54N2O26. The minimum absolute atomic E-state index is 0.691. The molecule has 1 N–H and O–H groups in total. The second-order valence-corrected chi connectivity index (χ2v) is 15.9. The Morgan fingerprint density at radius 1 is 0.507 bits per heavy atom. The third-order valence-corrected chi connectivity index (χ3v) is 10.2. The van der Waals surface area contributed by atoms with E-state index < -0.39 is 183 Å². The fraction of sp³-hybridized carbons (Fsp3) is 0.707. The fourth-order valence-corrected chi connectivity index (χ4v) is 8.07. The molecule has 15 atom stereocenters. The third kappa shape index (κ3) is 13.8. The van der Waals surface area contributed by atoms with Gasteiger partial charge in [-0.3, -0.25) is 57.6 Å². The number of hydrogen-bond acceptors (Lipinski definition) is 27. The average Bonchev–Trinajstić information content (AvgIpc) is 3.68. The van der Waals surface area contributed by atoms with Gasteiger partial charge in [-0.2, -0.15) is 4.99 Å².